The van der Waals surface area contributed by atoms with E-state index in [1.807, 2.05) is 11.3 Å². The average molecular weight is 782 g/mol. The molecule has 2 heterocycles. The summed E-state index contributed by atoms with van der Waals surface area (Å²) >= 11 is 1.86. The van der Waals surface area contributed by atoms with Crippen molar-refractivity contribution in [2.45, 2.75) is 5.41 Å². The Kier molecular flexibility index (Phi) is 7.13. The van der Waals surface area contributed by atoms with E-state index in [0.29, 0.717) is 0 Å². The van der Waals surface area contributed by atoms with Crippen molar-refractivity contribution in [1.29, 1.82) is 0 Å². The van der Waals surface area contributed by atoms with Crippen molar-refractivity contribution in [1.82, 2.24) is 0 Å². The number of thiophene rings is 1. The molecule has 0 radical (unpaired) electrons. The Bertz CT molecular complexity index is 3440. The normalized spacial score (nSPS) is 13.3. The van der Waals surface area contributed by atoms with Gasteiger partial charge in [0.1, 0.15) is 11.5 Å². The van der Waals surface area contributed by atoms with Gasteiger partial charge in [-0.1, -0.05) is 164 Å². The molecule has 2 nitrogen and oxygen atoms in total. The maximum atomic E-state index is 7.24. The first-order chi connectivity index (χ1) is 29.7. The zero-order valence-electron chi connectivity index (χ0n) is 32.5. The number of benzene rings is 10. The molecular weight excluding hydrogens is 747 g/mol. The Morgan fingerprint density at radius 1 is 0.350 bits per heavy atom. The van der Waals surface area contributed by atoms with Crippen LogP contribution < -0.4 is 9.64 Å². The van der Waals surface area contributed by atoms with Gasteiger partial charge in [0.05, 0.1) is 5.41 Å². The fourth-order valence-corrected chi connectivity index (χ4v) is 11.4. The van der Waals surface area contributed by atoms with Gasteiger partial charge >= 0.3 is 0 Å². The largest absolute Gasteiger partial charge is 0.455 e. The molecule has 11 aromatic rings. The van der Waals surface area contributed by atoms with Crippen LogP contribution in [0.2, 0.25) is 0 Å². The van der Waals surface area contributed by atoms with Crippen LogP contribution in [0, 0.1) is 0 Å². The Labute approximate surface area is 351 Å². The summed E-state index contributed by atoms with van der Waals surface area (Å²) in [4.78, 5) is 2.44. The van der Waals surface area contributed by atoms with Crippen molar-refractivity contribution >= 4 is 70.1 Å². The lowest BCUT2D eigenvalue weighted by molar-refractivity contribution is 0.447. The predicted octanol–water partition coefficient (Wildman–Crippen LogP) is 16.0. The van der Waals surface area contributed by atoms with Gasteiger partial charge in [-0.2, -0.15) is 0 Å². The zero-order chi connectivity index (χ0) is 39.4. The first kappa shape index (κ1) is 33.5. The molecule has 0 bridgehead atoms. The highest BCUT2D eigenvalue weighted by atomic mass is 32.1. The van der Waals surface area contributed by atoms with E-state index in [-0.39, 0.29) is 0 Å². The minimum Gasteiger partial charge on any atom is -0.455 e. The number of hydrogen-bond acceptors (Lipinski definition) is 3. The molecule has 3 heteroatoms. The highest BCUT2D eigenvalue weighted by Crippen LogP contribution is 2.64. The fourth-order valence-electron chi connectivity index (χ4n) is 10.3. The third kappa shape index (κ3) is 4.69. The summed E-state index contributed by atoms with van der Waals surface area (Å²) in [6.07, 6.45) is 0. The number of anilines is 3. The standard InChI is InChI=1S/C57H35NOS/c1-2-12-36(13-3-1)37-22-26-40(27-23-37)58(41-29-33-54-48(34-41)47-19-9-11-21-53(47)60-54)42-28-30-46-45-18-8-10-20-49(45)57(52(46)35-42)50-31-24-38-14-4-6-16-43(38)55(50)59-56-44-17-7-5-15-39(44)25-32-51(56)57/h1-35H. The molecule has 280 valence electrons. The second kappa shape index (κ2) is 12.8. The van der Waals surface area contributed by atoms with Gasteiger partial charge in [-0.05, 0) is 92.7 Å². The number of fused-ring (bicyclic) bond motifs is 16. The molecular formula is C57H35NOS. The maximum Gasteiger partial charge on any atom is 0.140 e. The van der Waals surface area contributed by atoms with Gasteiger partial charge in [0.15, 0.2) is 0 Å². The average Bonchev–Trinajstić information content (AvgIpc) is 3.83. The molecule has 10 aromatic carbocycles. The summed E-state index contributed by atoms with van der Waals surface area (Å²) in [7, 11) is 0. The highest BCUT2D eigenvalue weighted by molar-refractivity contribution is 7.25. The quantitative estimate of drug-likeness (QED) is 0.176. The number of nitrogens with zero attached hydrogens (tertiary/aromatic N) is 1. The zero-order valence-corrected chi connectivity index (χ0v) is 33.3. The summed E-state index contributed by atoms with van der Waals surface area (Å²) in [6.45, 7) is 0. The van der Waals surface area contributed by atoms with Crippen molar-refractivity contribution in [3.63, 3.8) is 0 Å². The minimum absolute atomic E-state index is 0.644. The molecule has 1 aromatic heterocycles. The van der Waals surface area contributed by atoms with Crippen LogP contribution in [0.5, 0.6) is 11.5 Å². The van der Waals surface area contributed by atoms with E-state index in [2.05, 4.69) is 217 Å². The lowest BCUT2D eigenvalue weighted by Crippen LogP contribution is -2.32. The summed E-state index contributed by atoms with van der Waals surface area (Å²) in [6, 6.07) is 78.0. The summed E-state index contributed by atoms with van der Waals surface area (Å²) in [5.41, 5.74) is 12.4. The van der Waals surface area contributed by atoms with Gasteiger partial charge in [-0.25, -0.2) is 0 Å². The van der Waals surface area contributed by atoms with Gasteiger partial charge < -0.3 is 9.64 Å². The molecule has 0 atom stereocenters. The molecule has 0 unspecified atom stereocenters. The van der Waals surface area contributed by atoms with E-state index in [0.717, 1.165) is 61.2 Å². The van der Waals surface area contributed by atoms with E-state index >= 15 is 0 Å². The molecule has 1 spiro atoms. The minimum atomic E-state index is -0.644. The number of ether oxygens (including phenoxy) is 1. The second-order valence-electron chi connectivity index (χ2n) is 16.0. The van der Waals surface area contributed by atoms with Crippen LogP contribution >= 0.6 is 11.3 Å². The Balaban J connectivity index is 1.10. The van der Waals surface area contributed by atoms with Crippen LogP contribution in [0.3, 0.4) is 0 Å². The molecule has 60 heavy (non-hydrogen) atoms. The molecule has 0 N–H and O–H groups in total. The van der Waals surface area contributed by atoms with Crippen molar-refractivity contribution in [2.24, 2.45) is 0 Å². The Morgan fingerprint density at radius 3 is 1.65 bits per heavy atom. The predicted molar refractivity (Wildman–Crippen MR) is 252 cm³/mol. The van der Waals surface area contributed by atoms with E-state index < -0.39 is 5.41 Å². The first-order valence-corrected chi connectivity index (χ1v) is 21.4. The van der Waals surface area contributed by atoms with Crippen molar-refractivity contribution in [3.8, 4) is 33.8 Å². The van der Waals surface area contributed by atoms with Crippen LogP contribution in [0.4, 0.5) is 17.1 Å². The lowest BCUT2D eigenvalue weighted by Gasteiger charge is -2.40. The van der Waals surface area contributed by atoms with Crippen LogP contribution in [0.15, 0.2) is 212 Å². The van der Waals surface area contributed by atoms with E-state index in [9.17, 15) is 0 Å². The number of hydrogen-bond donors (Lipinski definition) is 0. The third-order valence-corrected chi connectivity index (χ3v) is 14.1. The van der Waals surface area contributed by atoms with Crippen molar-refractivity contribution in [3.05, 3.63) is 235 Å². The van der Waals surface area contributed by atoms with Crippen molar-refractivity contribution < 1.29 is 4.74 Å². The van der Waals surface area contributed by atoms with Crippen molar-refractivity contribution in [2.75, 3.05) is 4.90 Å². The first-order valence-electron chi connectivity index (χ1n) is 20.6. The molecule has 0 amide bonds. The van der Waals surface area contributed by atoms with E-state index in [1.54, 1.807) is 0 Å². The maximum absolute atomic E-state index is 7.24. The van der Waals surface area contributed by atoms with Crippen LogP contribution in [0.25, 0.3) is 64.0 Å². The summed E-state index contributed by atoms with van der Waals surface area (Å²) < 4.78 is 9.84. The number of rotatable bonds is 4. The lowest BCUT2D eigenvalue weighted by atomic mass is 9.65. The third-order valence-electron chi connectivity index (χ3n) is 12.9. The molecule has 2 aliphatic rings. The fraction of sp³-hybridized carbons (Fsp3) is 0.0175. The van der Waals surface area contributed by atoms with Gasteiger partial charge in [0, 0.05) is 59.1 Å². The van der Waals surface area contributed by atoms with E-state index in [4.69, 9.17) is 4.74 Å². The second-order valence-corrected chi connectivity index (χ2v) is 17.1. The van der Waals surface area contributed by atoms with Crippen LogP contribution in [0.1, 0.15) is 22.3 Å². The highest BCUT2D eigenvalue weighted by Gasteiger charge is 2.52. The molecule has 0 saturated heterocycles. The van der Waals surface area contributed by atoms with E-state index in [1.165, 1.54) is 53.6 Å². The summed E-state index contributed by atoms with van der Waals surface area (Å²) in [5.74, 6) is 1.85. The topological polar surface area (TPSA) is 12.5 Å². The van der Waals surface area contributed by atoms with Gasteiger partial charge in [-0.15, -0.1) is 11.3 Å². The van der Waals surface area contributed by atoms with Gasteiger partial charge in [-0.3, -0.25) is 0 Å². The molecule has 1 aliphatic heterocycles. The Hall–Kier alpha value is -7.46. The molecule has 0 fully saturated rings. The Morgan fingerprint density at radius 2 is 0.900 bits per heavy atom. The van der Waals surface area contributed by atoms with Gasteiger partial charge in [0.2, 0.25) is 0 Å². The molecule has 1 aliphatic carbocycles. The summed E-state index contributed by atoms with van der Waals surface area (Å²) in [5, 5.41) is 7.12. The smallest absolute Gasteiger partial charge is 0.140 e. The van der Waals surface area contributed by atoms with Crippen LogP contribution in [-0.2, 0) is 5.41 Å². The SMILES string of the molecule is c1ccc(-c2ccc(N(c3ccc4c(c3)C3(c5ccccc5-4)c4ccc5ccccc5c4Oc4c3ccc3ccccc43)c3ccc4sc5ccccc5c4c3)cc2)cc1. The molecule has 13 rings (SSSR count). The monoisotopic (exact) mass is 781 g/mol. The van der Waals surface area contributed by atoms with Gasteiger partial charge in [0.25, 0.3) is 0 Å². The van der Waals surface area contributed by atoms with Crippen LogP contribution in [-0.4, -0.2) is 0 Å². The molecule has 0 saturated carbocycles.